The number of hydrogen-bond acceptors (Lipinski definition) is 9. The van der Waals surface area contributed by atoms with Crippen LogP contribution in [0.4, 0.5) is 4.79 Å². The molecule has 292 valence electrons. The number of ether oxygens (including phenoxy) is 1. The Morgan fingerprint density at radius 1 is 0.873 bits per heavy atom. The van der Waals surface area contributed by atoms with Crippen LogP contribution in [0.2, 0.25) is 15.1 Å². The summed E-state index contributed by atoms with van der Waals surface area (Å²) in [4.78, 5) is 38.8. The number of carbonyl (C=O) groups is 2. The monoisotopic (exact) mass is 828 g/mol. The smallest absolute Gasteiger partial charge is 0.326 e. The van der Waals surface area contributed by atoms with E-state index in [-0.39, 0.29) is 78.1 Å². The number of urea groups is 1. The van der Waals surface area contributed by atoms with Crippen LogP contribution in [-0.2, 0) is 32.3 Å². The molecule has 3 heterocycles. The maximum atomic E-state index is 15.4. The maximum absolute atomic E-state index is 15.4. The molecule has 2 aliphatic rings. The molecule has 6 rings (SSSR count). The number of rotatable bonds is 9. The predicted octanol–water partition coefficient (Wildman–Crippen LogP) is 6.71. The first kappa shape index (κ1) is 40.4. The van der Waals surface area contributed by atoms with E-state index in [0.717, 1.165) is 5.56 Å². The number of amidine groups is 1. The van der Waals surface area contributed by atoms with E-state index < -0.39 is 32.4 Å². The van der Waals surface area contributed by atoms with Gasteiger partial charge in [-0.3, -0.25) is 14.7 Å². The molecule has 0 unspecified atom stereocenters. The van der Waals surface area contributed by atoms with Crippen molar-refractivity contribution in [1.82, 2.24) is 34.9 Å². The highest BCUT2D eigenvalue weighted by Gasteiger charge is 2.60. The van der Waals surface area contributed by atoms with Crippen LogP contribution in [0.1, 0.15) is 58.2 Å². The standard InChI is InChI=1S/C38H43Cl3N8O5S/c1-7-54-31-21-30(41)32(55(52,53)23-36(2,3)4)20-29(31)34-43-37(5,25-8-12-27(39)13-9-25)38(6,26-10-14-28(40)15-11-26)49(34)35(51)47-18-16-46(17-19-47)33(50)22-48-24-42-44-45-48/h8-15,20-21,24H,7,16-19,22-23H2,1-6H3/t37-,38+/m0/s1. The number of benzene rings is 3. The van der Waals surface area contributed by atoms with Gasteiger partial charge in [-0.15, -0.1) is 5.10 Å². The zero-order valence-electron chi connectivity index (χ0n) is 31.5. The second-order valence-corrected chi connectivity index (χ2v) is 18.4. The lowest BCUT2D eigenvalue weighted by atomic mass is 9.71. The van der Waals surface area contributed by atoms with E-state index in [1.54, 1.807) is 45.9 Å². The molecule has 2 atom stereocenters. The summed E-state index contributed by atoms with van der Waals surface area (Å²) >= 11 is 19.5. The van der Waals surface area contributed by atoms with Crippen molar-refractivity contribution in [2.24, 2.45) is 10.4 Å². The number of nitrogens with zero attached hydrogens (tertiary/aromatic N) is 8. The summed E-state index contributed by atoms with van der Waals surface area (Å²) in [5, 5.41) is 12.0. The van der Waals surface area contributed by atoms with Gasteiger partial charge in [-0.2, -0.15) is 0 Å². The lowest BCUT2D eigenvalue weighted by Crippen LogP contribution is -2.61. The molecule has 55 heavy (non-hydrogen) atoms. The molecular formula is C38H43Cl3N8O5S. The Labute approximate surface area is 336 Å². The summed E-state index contributed by atoms with van der Waals surface area (Å²) in [7, 11) is -3.93. The third kappa shape index (κ3) is 7.91. The summed E-state index contributed by atoms with van der Waals surface area (Å²) in [6.07, 6.45) is 1.37. The molecule has 0 bridgehead atoms. The van der Waals surface area contributed by atoms with Gasteiger partial charge in [0.15, 0.2) is 9.84 Å². The first-order valence-electron chi connectivity index (χ1n) is 17.8. The fraction of sp³-hybridized carbons (Fsp3) is 0.421. The van der Waals surface area contributed by atoms with E-state index >= 15 is 4.79 Å². The van der Waals surface area contributed by atoms with Gasteiger partial charge < -0.3 is 14.5 Å². The SMILES string of the molecule is CCOc1cc(Cl)c(S(=O)(=O)CC(C)(C)C)cc1C1=N[C@@](C)(c2ccc(Cl)cc2)[C@@](C)(c2ccc(Cl)cc2)N1C(=O)N1CCN(C(=O)Cn2cnnn2)CC1. The molecule has 13 nitrogen and oxygen atoms in total. The van der Waals surface area contributed by atoms with Gasteiger partial charge in [-0.25, -0.2) is 17.9 Å². The van der Waals surface area contributed by atoms with Gasteiger partial charge in [0.2, 0.25) is 5.91 Å². The first-order chi connectivity index (χ1) is 25.9. The van der Waals surface area contributed by atoms with Crippen LogP contribution in [0.3, 0.4) is 0 Å². The number of amides is 3. The third-order valence-electron chi connectivity index (χ3n) is 10.1. The van der Waals surface area contributed by atoms with Gasteiger partial charge in [0.1, 0.15) is 35.5 Å². The summed E-state index contributed by atoms with van der Waals surface area (Å²) in [5.74, 6) is 0.0829. The highest BCUT2D eigenvalue weighted by Crippen LogP contribution is 2.54. The van der Waals surface area contributed by atoms with Crippen molar-refractivity contribution in [2.75, 3.05) is 38.5 Å². The second kappa shape index (κ2) is 15.4. The number of sulfone groups is 1. The van der Waals surface area contributed by atoms with Gasteiger partial charge in [-0.05, 0) is 78.1 Å². The van der Waals surface area contributed by atoms with Crippen LogP contribution < -0.4 is 4.74 Å². The largest absolute Gasteiger partial charge is 0.493 e. The lowest BCUT2D eigenvalue weighted by molar-refractivity contribution is -0.133. The zero-order valence-corrected chi connectivity index (χ0v) is 34.5. The van der Waals surface area contributed by atoms with Crippen molar-refractivity contribution >= 4 is 62.4 Å². The molecule has 0 N–H and O–H groups in total. The fourth-order valence-corrected chi connectivity index (χ4v) is 9.93. The third-order valence-corrected chi connectivity index (χ3v) is 13.2. The molecule has 4 aromatic rings. The minimum Gasteiger partial charge on any atom is -0.493 e. The van der Waals surface area contributed by atoms with Crippen LogP contribution >= 0.6 is 34.8 Å². The number of tetrazole rings is 1. The molecule has 17 heteroatoms. The highest BCUT2D eigenvalue weighted by molar-refractivity contribution is 7.91. The summed E-state index contributed by atoms with van der Waals surface area (Å²) < 4.78 is 35.5. The minimum atomic E-state index is -3.93. The topological polar surface area (TPSA) is 143 Å². The van der Waals surface area contributed by atoms with Crippen LogP contribution in [0.25, 0.3) is 0 Å². The van der Waals surface area contributed by atoms with Gasteiger partial charge in [-0.1, -0.05) is 79.8 Å². The van der Waals surface area contributed by atoms with Crippen molar-refractivity contribution in [3.8, 4) is 5.75 Å². The lowest BCUT2D eigenvalue weighted by Gasteiger charge is -2.47. The molecule has 3 aromatic carbocycles. The Morgan fingerprint density at radius 3 is 2.00 bits per heavy atom. The molecule has 1 saturated heterocycles. The molecule has 3 amide bonds. The Morgan fingerprint density at radius 2 is 1.45 bits per heavy atom. The summed E-state index contributed by atoms with van der Waals surface area (Å²) in [5.41, 5.74) is -1.28. The van der Waals surface area contributed by atoms with Gasteiger partial charge in [0.05, 0.1) is 27.8 Å². The molecule has 1 fully saturated rings. The first-order valence-corrected chi connectivity index (χ1v) is 20.6. The molecule has 0 saturated carbocycles. The number of halogens is 3. The van der Waals surface area contributed by atoms with E-state index in [1.807, 2.05) is 58.9 Å². The minimum absolute atomic E-state index is 0.00341. The normalized spacial score (nSPS) is 20.5. The maximum Gasteiger partial charge on any atom is 0.326 e. The van der Waals surface area contributed by atoms with Gasteiger partial charge >= 0.3 is 6.03 Å². The van der Waals surface area contributed by atoms with E-state index in [2.05, 4.69) is 15.5 Å². The Hall–Kier alpha value is -4.24. The number of carbonyl (C=O) groups excluding carboxylic acids is 2. The van der Waals surface area contributed by atoms with Crippen LogP contribution in [-0.4, -0.2) is 99.6 Å². The van der Waals surface area contributed by atoms with Crippen molar-refractivity contribution in [3.63, 3.8) is 0 Å². The van der Waals surface area contributed by atoms with Gasteiger partial charge in [0.25, 0.3) is 0 Å². The van der Waals surface area contributed by atoms with E-state index in [9.17, 15) is 13.2 Å². The van der Waals surface area contributed by atoms with Crippen LogP contribution in [0.5, 0.6) is 5.75 Å². The number of hydrogen-bond donors (Lipinski definition) is 0. The van der Waals surface area contributed by atoms with Crippen molar-refractivity contribution < 1.29 is 22.7 Å². The van der Waals surface area contributed by atoms with E-state index in [0.29, 0.717) is 15.6 Å². The molecular weight excluding hydrogens is 787 g/mol. The Balaban J connectivity index is 1.53. The quantitative estimate of drug-likeness (QED) is 0.181. The number of aromatic nitrogens is 4. The van der Waals surface area contributed by atoms with Gasteiger partial charge in [0, 0.05) is 42.3 Å². The average molecular weight is 830 g/mol. The zero-order chi connectivity index (χ0) is 39.9. The molecule has 1 aromatic heterocycles. The molecule has 0 aliphatic carbocycles. The Kier molecular flexibility index (Phi) is 11.3. The van der Waals surface area contributed by atoms with Crippen molar-refractivity contribution in [2.45, 2.75) is 64.1 Å². The number of aliphatic imine (C=N–C) groups is 1. The summed E-state index contributed by atoms with van der Waals surface area (Å²) in [6.45, 7) is 12.3. The fourth-order valence-electron chi connectivity index (χ4n) is 7.22. The van der Waals surface area contributed by atoms with Crippen molar-refractivity contribution in [1.29, 1.82) is 0 Å². The average Bonchev–Trinajstić information content (AvgIpc) is 3.72. The second-order valence-electron chi connectivity index (χ2n) is 15.1. The predicted molar refractivity (Wildman–Crippen MR) is 211 cm³/mol. The van der Waals surface area contributed by atoms with E-state index in [1.165, 1.54) is 23.1 Å². The van der Waals surface area contributed by atoms with Crippen LogP contribution in [0.15, 0.2) is 76.9 Å². The van der Waals surface area contributed by atoms with Crippen LogP contribution in [0, 0.1) is 5.41 Å². The highest BCUT2D eigenvalue weighted by atomic mass is 35.5. The molecule has 2 aliphatic heterocycles. The van der Waals surface area contributed by atoms with Crippen molar-refractivity contribution in [3.05, 3.63) is 98.7 Å². The number of piperazine rings is 1. The molecule has 0 radical (unpaired) electrons. The molecule has 0 spiro atoms. The Bertz CT molecular complexity index is 2210. The summed E-state index contributed by atoms with van der Waals surface area (Å²) in [6, 6.07) is 17.0. The van der Waals surface area contributed by atoms with E-state index in [4.69, 9.17) is 44.5 Å².